The highest BCUT2D eigenvalue weighted by atomic mass is 15.2. The summed E-state index contributed by atoms with van der Waals surface area (Å²) in [6, 6.07) is 1.58. The summed E-state index contributed by atoms with van der Waals surface area (Å²) in [4.78, 5) is 2.72. The average Bonchev–Trinajstić information content (AvgIpc) is 2.29. The molecule has 0 aliphatic carbocycles. The minimum absolute atomic E-state index is 0.731. The van der Waals surface area contributed by atoms with Crippen LogP contribution in [0.25, 0.3) is 0 Å². The predicted octanol–water partition coefficient (Wildman–Crippen LogP) is 2.64. The van der Waals surface area contributed by atoms with Gasteiger partial charge in [0.05, 0.1) is 0 Å². The molecule has 0 saturated carbocycles. The van der Waals surface area contributed by atoms with Crippen molar-refractivity contribution in [3.8, 4) is 0 Å². The molecule has 1 aliphatic rings. The topological polar surface area (TPSA) is 15.3 Å². The first-order chi connectivity index (χ1) is 7.31. The van der Waals surface area contributed by atoms with E-state index in [4.69, 9.17) is 0 Å². The standard InChI is InChI=1S/C13H28N2/c1-4-7-13(8-5-2)15-10-6-9-12(11-15)14-3/h12-14H,4-11H2,1-3H3. The van der Waals surface area contributed by atoms with Crippen molar-refractivity contribution in [2.24, 2.45) is 0 Å². The number of likely N-dealkylation sites (N-methyl/N-ethyl adjacent to an activating group) is 1. The van der Waals surface area contributed by atoms with Crippen LogP contribution >= 0.6 is 0 Å². The third-order valence-corrected chi connectivity index (χ3v) is 3.62. The van der Waals surface area contributed by atoms with Crippen molar-refractivity contribution < 1.29 is 0 Å². The Morgan fingerprint density at radius 1 is 1.27 bits per heavy atom. The number of hydrogen-bond donors (Lipinski definition) is 1. The van der Waals surface area contributed by atoms with Crippen LogP contribution in [0.2, 0.25) is 0 Å². The first kappa shape index (κ1) is 13.0. The fourth-order valence-electron chi connectivity index (χ4n) is 2.75. The molecule has 90 valence electrons. The van der Waals surface area contributed by atoms with Gasteiger partial charge in [-0.1, -0.05) is 26.7 Å². The quantitative estimate of drug-likeness (QED) is 0.728. The Bertz CT molecular complexity index is 153. The zero-order valence-electron chi connectivity index (χ0n) is 10.8. The molecule has 0 amide bonds. The highest BCUT2D eigenvalue weighted by molar-refractivity contribution is 4.81. The van der Waals surface area contributed by atoms with Gasteiger partial charge >= 0.3 is 0 Å². The lowest BCUT2D eigenvalue weighted by atomic mass is 9.99. The van der Waals surface area contributed by atoms with Gasteiger partial charge in [-0.25, -0.2) is 0 Å². The molecule has 1 unspecified atom stereocenters. The SMILES string of the molecule is CCCC(CCC)N1CCCC(NC)C1. The van der Waals surface area contributed by atoms with E-state index in [0.717, 1.165) is 12.1 Å². The van der Waals surface area contributed by atoms with Crippen LogP contribution in [0, 0.1) is 0 Å². The molecule has 1 N–H and O–H groups in total. The minimum Gasteiger partial charge on any atom is -0.316 e. The van der Waals surface area contributed by atoms with Crippen molar-refractivity contribution in [3.05, 3.63) is 0 Å². The minimum atomic E-state index is 0.731. The second-order valence-corrected chi connectivity index (χ2v) is 4.85. The van der Waals surface area contributed by atoms with Crippen LogP contribution in [0.1, 0.15) is 52.4 Å². The number of likely N-dealkylation sites (tertiary alicyclic amines) is 1. The number of hydrogen-bond acceptors (Lipinski definition) is 2. The first-order valence-electron chi connectivity index (χ1n) is 6.73. The zero-order chi connectivity index (χ0) is 11.1. The van der Waals surface area contributed by atoms with Gasteiger partial charge in [0.2, 0.25) is 0 Å². The third kappa shape index (κ3) is 4.12. The van der Waals surface area contributed by atoms with Crippen LogP contribution in [0.5, 0.6) is 0 Å². The maximum atomic E-state index is 3.43. The second-order valence-electron chi connectivity index (χ2n) is 4.85. The van der Waals surface area contributed by atoms with Crippen molar-refractivity contribution in [3.63, 3.8) is 0 Å². The maximum Gasteiger partial charge on any atom is 0.0192 e. The lowest BCUT2D eigenvalue weighted by Crippen LogP contribution is -2.48. The summed E-state index contributed by atoms with van der Waals surface area (Å²) >= 11 is 0. The molecular formula is C13H28N2. The molecule has 2 heteroatoms. The van der Waals surface area contributed by atoms with E-state index in [1.165, 1.54) is 51.6 Å². The van der Waals surface area contributed by atoms with E-state index in [1.807, 2.05) is 0 Å². The molecule has 1 rings (SSSR count). The van der Waals surface area contributed by atoms with E-state index in [9.17, 15) is 0 Å². The molecule has 0 radical (unpaired) electrons. The number of rotatable bonds is 6. The monoisotopic (exact) mass is 212 g/mol. The molecule has 1 heterocycles. The molecule has 1 saturated heterocycles. The van der Waals surface area contributed by atoms with Crippen LogP contribution in [-0.2, 0) is 0 Å². The van der Waals surface area contributed by atoms with Crippen molar-refractivity contribution in [2.45, 2.75) is 64.5 Å². The van der Waals surface area contributed by atoms with Crippen LogP contribution in [-0.4, -0.2) is 37.1 Å². The summed E-state index contributed by atoms with van der Waals surface area (Å²) in [5.41, 5.74) is 0. The van der Waals surface area contributed by atoms with E-state index in [2.05, 4.69) is 31.1 Å². The normalized spacial score (nSPS) is 23.6. The smallest absolute Gasteiger partial charge is 0.0192 e. The summed E-state index contributed by atoms with van der Waals surface area (Å²) in [5.74, 6) is 0. The van der Waals surface area contributed by atoms with Gasteiger partial charge in [0.1, 0.15) is 0 Å². The average molecular weight is 212 g/mol. The molecular weight excluding hydrogens is 184 g/mol. The lowest BCUT2D eigenvalue weighted by molar-refractivity contribution is 0.125. The van der Waals surface area contributed by atoms with Crippen LogP contribution in [0.4, 0.5) is 0 Å². The molecule has 0 aromatic heterocycles. The van der Waals surface area contributed by atoms with Crippen LogP contribution < -0.4 is 5.32 Å². The Labute approximate surface area is 95.4 Å². The highest BCUT2D eigenvalue weighted by Crippen LogP contribution is 2.19. The Hall–Kier alpha value is -0.0800. The van der Waals surface area contributed by atoms with Crippen molar-refractivity contribution >= 4 is 0 Å². The Morgan fingerprint density at radius 2 is 1.93 bits per heavy atom. The van der Waals surface area contributed by atoms with E-state index in [-0.39, 0.29) is 0 Å². The van der Waals surface area contributed by atoms with Gasteiger partial charge in [-0.15, -0.1) is 0 Å². The molecule has 2 nitrogen and oxygen atoms in total. The number of piperidine rings is 1. The van der Waals surface area contributed by atoms with Gasteiger partial charge < -0.3 is 5.32 Å². The Balaban J connectivity index is 2.42. The first-order valence-corrected chi connectivity index (χ1v) is 6.73. The molecule has 1 fully saturated rings. The zero-order valence-corrected chi connectivity index (χ0v) is 10.8. The Morgan fingerprint density at radius 3 is 2.47 bits per heavy atom. The Kier molecular flexibility index (Phi) is 6.26. The van der Waals surface area contributed by atoms with E-state index in [1.54, 1.807) is 0 Å². The molecule has 1 atom stereocenters. The predicted molar refractivity (Wildman–Crippen MR) is 67.3 cm³/mol. The van der Waals surface area contributed by atoms with Crippen molar-refractivity contribution in [1.82, 2.24) is 10.2 Å². The van der Waals surface area contributed by atoms with Gasteiger partial charge in [-0.3, -0.25) is 4.90 Å². The lowest BCUT2D eigenvalue weighted by Gasteiger charge is -2.38. The maximum absolute atomic E-state index is 3.43. The third-order valence-electron chi connectivity index (χ3n) is 3.62. The highest BCUT2D eigenvalue weighted by Gasteiger charge is 2.23. The fourth-order valence-corrected chi connectivity index (χ4v) is 2.75. The van der Waals surface area contributed by atoms with E-state index >= 15 is 0 Å². The van der Waals surface area contributed by atoms with Crippen LogP contribution in [0.15, 0.2) is 0 Å². The van der Waals surface area contributed by atoms with Gasteiger partial charge in [0.15, 0.2) is 0 Å². The van der Waals surface area contributed by atoms with Gasteiger partial charge in [-0.05, 0) is 39.3 Å². The number of nitrogens with zero attached hydrogens (tertiary/aromatic N) is 1. The summed E-state index contributed by atoms with van der Waals surface area (Å²) in [7, 11) is 2.10. The summed E-state index contributed by atoms with van der Waals surface area (Å²) in [5, 5.41) is 3.43. The molecule has 1 aliphatic heterocycles. The summed E-state index contributed by atoms with van der Waals surface area (Å²) < 4.78 is 0. The van der Waals surface area contributed by atoms with Crippen LogP contribution in [0.3, 0.4) is 0 Å². The summed E-state index contributed by atoms with van der Waals surface area (Å²) in [6.07, 6.45) is 8.14. The summed E-state index contributed by atoms with van der Waals surface area (Å²) in [6.45, 7) is 7.20. The van der Waals surface area contributed by atoms with E-state index < -0.39 is 0 Å². The molecule has 15 heavy (non-hydrogen) atoms. The van der Waals surface area contributed by atoms with Gasteiger partial charge in [0.25, 0.3) is 0 Å². The molecule has 0 bridgehead atoms. The van der Waals surface area contributed by atoms with Gasteiger partial charge in [-0.2, -0.15) is 0 Å². The van der Waals surface area contributed by atoms with Crippen molar-refractivity contribution in [1.29, 1.82) is 0 Å². The fraction of sp³-hybridized carbons (Fsp3) is 1.00. The molecule has 0 aromatic carbocycles. The number of nitrogens with one attached hydrogen (secondary N) is 1. The van der Waals surface area contributed by atoms with Gasteiger partial charge in [0, 0.05) is 18.6 Å². The molecule has 0 spiro atoms. The molecule has 0 aromatic rings. The van der Waals surface area contributed by atoms with Crippen molar-refractivity contribution in [2.75, 3.05) is 20.1 Å². The van der Waals surface area contributed by atoms with E-state index in [0.29, 0.717) is 0 Å². The largest absolute Gasteiger partial charge is 0.316 e. The second kappa shape index (κ2) is 7.24.